The van der Waals surface area contributed by atoms with Gasteiger partial charge in [0.15, 0.2) is 12.2 Å². The van der Waals surface area contributed by atoms with Gasteiger partial charge in [-0.3, -0.25) is 37.3 Å². The average Bonchev–Trinajstić information content (AvgIpc) is 1.45. The number of phosphoric ester groups is 2. The van der Waals surface area contributed by atoms with Crippen LogP contribution in [0.5, 0.6) is 0 Å². The number of carbonyl (C=O) groups is 4. The first kappa shape index (κ1) is 95.1. The summed E-state index contributed by atoms with van der Waals surface area (Å²) in [4.78, 5) is 72.8. The Bertz CT molecular complexity index is 1870. The van der Waals surface area contributed by atoms with Gasteiger partial charge in [0.1, 0.15) is 19.3 Å². The van der Waals surface area contributed by atoms with Gasteiger partial charge in [0.05, 0.1) is 26.4 Å². The van der Waals surface area contributed by atoms with Crippen molar-refractivity contribution >= 4 is 39.5 Å². The molecule has 17 nitrogen and oxygen atoms in total. The highest BCUT2D eigenvalue weighted by atomic mass is 31.2. The summed E-state index contributed by atoms with van der Waals surface area (Å²) in [7, 11) is -9.91. The van der Waals surface area contributed by atoms with Crippen LogP contribution >= 0.6 is 15.6 Å². The number of aliphatic hydroxyl groups is 1. The minimum atomic E-state index is -4.96. The van der Waals surface area contributed by atoms with E-state index in [4.69, 9.17) is 37.0 Å². The zero-order valence-electron chi connectivity index (χ0n) is 63.4. The molecule has 0 aromatic heterocycles. The van der Waals surface area contributed by atoms with Gasteiger partial charge in [-0.15, -0.1) is 0 Å². The summed E-state index contributed by atoms with van der Waals surface area (Å²) in [5, 5.41) is 10.6. The van der Waals surface area contributed by atoms with Crippen LogP contribution in [-0.4, -0.2) is 96.7 Å². The van der Waals surface area contributed by atoms with Gasteiger partial charge in [-0.25, -0.2) is 9.13 Å². The van der Waals surface area contributed by atoms with Gasteiger partial charge in [-0.05, 0) is 37.5 Å². The van der Waals surface area contributed by atoms with Crippen LogP contribution in [0.1, 0.15) is 408 Å². The maximum absolute atomic E-state index is 13.1. The van der Waals surface area contributed by atoms with E-state index in [9.17, 15) is 43.2 Å². The predicted molar refractivity (Wildman–Crippen MR) is 395 cm³/mol. The van der Waals surface area contributed by atoms with Crippen molar-refractivity contribution in [2.75, 3.05) is 39.6 Å². The number of carbonyl (C=O) groups excluding carboxylic acids is 4. The molecule has 0 aromatic carbocycles. The highest BCUT2D eigenvalue weighted by Crippen LogP contribution is 2.45. The minimum Gasteiger partial charge on any atom is -0.462 e. The lowest BCUT2D eigenvalue weighted by molar-refractivity contribution is -0.161. The third kappa shape index (κ3) is 72.2. The smallest absolute Gasteiger partial charge is 0.462 e. The molecule has 0 aromatic rings. The molecule has 3 N–H and O–H groups in total. The first-order valence-corrected chi connectivity index (χ1v) is 43.5. The molecule has 2 unspecified atom stereocenters. The van der Waals surface area contributed by atoms with Crippen LogP contribution in [0.4, 0.5) is 0 Å². The maximum Gasteiger partial charge on any atom is 0.472 e. The van der Waals surface area contributed by atoms with Crippen LogP contribution in [0.3, 0.4) is 0 Å². The number of aliphatic hydroxyl groups excluding tert-OH is 1. The zero-order valence-corrected chi connectivity index (χ0v) is 65.2. The second-order valence-electron chi connectivity index (χ2n) is 29.1. The minimum absolute atomic E-state index is 0.107. The molecule has 0 amide bonds. The quantitative estimate of drug-likeness (QED) is 0.0222. The van der Waals surface area contributed by atoms with Gasteiger partial charge < -0.3 is 33.8 Å². The van der Waals surface area contributed by atoms with Gasteiger partial charge in [0.2, 0.25) is 0 Å². The van der Waals surface area contributed by atoms with Crippen molar-refractivity contribution < 1.29 is 80.2 Å². The van der Waals surface area contributed by atoms with Crippen LogP contribution in [-0.2, 0) is 65.4 Å². The fraction of sp³-hybridized carbons (Fsp3) is 0.949. The first-order valence-electron chi connectivity index (χ1n) is 40.5. The largest absolute Gasteiger partial charge is 0.472 e. The summed E-state index contributed by atoms with van der Waals surface area (Å²) < 4.78 is 68.5. The van der Waals surface area contributed by atoms with E-state index < -0.39 is 97.5 Å². The molecule has 0 heterocycles. The number of unbranched alkanes of at least 4 members (excludes halogenated alkanes) is 47. The Morgan fingerprint density at radius 1 is 0.278 bits per heavy atom. The van der Waals surface area contributed by atoms with E-state index in [0.29, 0.717) is 25.7 Å². The van der Waals surface area contributed by atoms with E-state index in [1.54, 1.807) is 0 Å². The fourth-order valence-electron chi connectivity index (χ4n) is 12.0. The van der Waals surface area contributed by atoms with Crippen molar-refractivity contribution in [2.45, 2.75) is 426 Å². The standard InChI is InChI=1S/C78H152O17P2/c1-7-9-11-13-15-17-29-38-44-50-56-62-77(82)94-73(66-88-75(80)60-54-48-42-34-16-14-12-10-8-2)68-92-96(84,85)90-64-72(79)65-91-97(86,87)93-69-74(67-89-76(81)61-55-49-43-37-32-27-24-20-22-26-31-36-41-47-53-59-71(5)6)95-78(83)63-57-51-45-39-33-28-23-19-18-21-25-30-35-40-46-52-58-70(3)4/h70-74,79H,7-69H2,1-6H3,(H,84,85)(H,86,87)/t72-,73+,74+/m0/s1. The SMILES string of the molecule is CCCCCCCCCCCCCC(=O)O[C@H](COC(=O)CCCCCCCCCCC)COP(=O)(O)OC[C@H](O)COP(=O)(O)OC[C@@H](COC(=O)CCCCCCCCCCCCCCCCCC(C)C)OC(=O)CCCCCCCCCCCCCCCCCCC(C)C. The normalized spacial score (nSPS) is 14.0. The van der Waals surface area contributed by atoms with Crippen molar-refractivity contribution in [3.63, 3.8) is 0 Å². The number of hydrogen-bond acceptors (Lipinski definition) is 15. The summed E-state index contributed by atoms with van der Waals surface area (Å²) in [6.45, 7) is 9.65. The van der Waals surface area contributed by atoms with Crippen molar-refractivity contribution in [1.82, 2.24) is 0 Å². The van der Waals surface area contributed by atoms with Gasteiger partial charge in [0, 0.05) is 25.7 Å². The van der Waals surface area contributed by atoms with E-state index in [0.717, 1.165) is 102 Å². The Labute approximate surface area is 594 Å². The van der Waals surface area contributed by atoms with E-state index in [1.165, 1.54) is 225 Å². The zero-order chi connectivity index (χ0) is 71.4. The van der Waals surface area contributed by atoms with Crippen molar-refractivity contribution in [3.05, 3.63) is 0 Å². The first-order chi connectivity index (χ1) is 46.9. The van der Waals surface area contributed by atoms with Crippen LogP contribution in [0.2, 0.25) is 0 Å². The summed E-state index contributed by atoms with van der Waals surface area (Å²) in [6, 6.07) is 0. The summed E-state index contributed by atoms with van der Waals surface area (Å²) in [6.07, 6.45) is 58.2. The number of hydrogen-bond donors (Lipinski definition) is 3. The van der Waals surface area contributed by atoms with Crippen molar-refractivity contribution in [1.29, 1.82) is 0 Å². The van der Waals surface area contributed by atoms with Crippen LogP contribution < -0.4 is 0 Å². The Hall–Kier alpha value is -1.94. The molecule has 0 saturated heterocycles. The van der Waals surface area contributed by atoms with Crippen molar-refractivity contribution in [3.8, 4) is 0 Å². The lowest BCUT2D eigenvalue weighted by Gasteiger charge is -2.21. The predicted octanol–water partition coefficient (Wildman–Crippen LogP) is 23.1. The van der Waals surface area contributed by atoms with E-state index in [2.05, 4.69) is 41.5 Å². The number of phosphoric acid groups is 2. The third-order valence-corrected chi connectivity index (χ3v) is 20.1. The molecule has 0 aliphatic carbocycles. The maximum atomic E-state index is 13.1. The van der Waals surface area contributed by atoms with E-state index >= 15 is 0 Å². The van der Waals surface area contributed by atoms with Gasteiger partial charge >= 0.3 is 39.5 Å². The highest BCUT2D eigenvalue weighted by Gasteiger charge is 2.30. The molecule has 0 spiro atoms. The highest BCUT2D eigenvalue weighted by molar-refractivity contribution is 7.47. The Morgan fingerprint density at radius 3 is 0.701 bits per heavy atom. The summed E-state index contributed by atoms with van der Waals surface area (Å²) in [5.41, 5.74) is 0. The molecule has 0 fully saturated rings. The van der Waals surface area contributed by atoms with Crippen LogP contribution in [0.25, 0.3) is 0 Å². The van der Waals surface area contributed by atoms with Crippen molar-refractivity contribution in [2.24, 2.45) is 11.8 Å². The van der Waals surface area contributed by atoms with Gasteiger partial charge in [0.25, 0.3) is 0 Å². The lowest BCUT2D eigenvalue weighted by atomic mass is 10.0. The third-order valence-electron chi connectivity index (χ3n) is 18.2. The molecule has 97 heavy (non-hydrogen) atoms. The Kier molecular flexibility index (Phi) is 68.4. The summed E-state index contributed by atoms with van der Waals surface area (Å²) >= 11 is 0. The van der Waals surface area contributed by atoms with E-state index in [1.807, 2.05) is 0 Å². The lowest BCUT2D eigenvalue weighted by Crippen LogP contribution is -2.30. The van der Waals surface area contributed by atoms with Crippen LogP contribution in [0.15, 0.2) is 0 Å². The molecule has 0 aliphatic heterocycles. The van der Waals surface area contributed by atoms with Gasteiger partial charge in [-0.2, -0.15) is 0 Å². The molecule has 576 valence electrons. The molecular formula is C78H152O17P2. The number of rotatable bonds is 77. The second kappa shape index (κ2) is 69.8. The average molecular weight is 1420 g/mol. The molecule has 0 aliphatic rings. The molecule has 0 radical (unpaired) electrons. The number of ether oxygens (including phenoxy) is 4. The topological polar surface area (TPSA) is 237 Å². The molecule has 0 saturated carbocycles. The fourth-order valence-corrected chi connectivity index (χ4v) is 13.6. The Morgan fingerprint density at radius 2 is 0.474 bits per heavy atom. The number of esters is 4. The van der Waals surface area contributed by atoms with E-state index in [-0.39, 0.29) is 25.7 Å². The Balaban J connectivity index is 5.20. The molecule has 19 heteroatoms. The van der Waals surface area contributed by atoms with Crippen LogP contribution in [0, 0.1) is 11.8 Å². The second-order valence-corrected chi connectivity index (χ2v) is 32.0. The molecule has 0 bridgehead atoms. The molecule has 0 rings (SSSR count). The summed E-state index contributed by atoms with van der Waals surface area (Å²) in [5.74, 6) is -0.498. The van der Waals surface area contributed by atoms with Gasteiger partial charge in [-0.1, -0.05) is 356 Å². The molecular weight excluding hydrogens is 1270 g/mol. The molecule has 5 atom stereocenters. The monoisotopic (exact) mass is 1420 g/mol.